The minimum atomic E-state index is -3.98. The Morgan fingerprint density at radius 3 is 2.33 bits per heavy atom. The van der Waals surface area contributed by atoms with Crippen molar-refractivity contribution in [3.8, 4) is 11.5 Å². The van der Waals surface area contributed by atoms with Gasteiger partial charge in [0.05, 0.1) is 11.3 Å². The van der Waals surface area contributed by atoms with E-state index < -0.39 is 27.6 Å². The first-order valence-electron chi connectivity index (χ1n) is 6.90. The summed E-state index contributed by atoms with van der Waals surface area (Å²) in [6.45, 7) is 3.50. The molecule has 0 saturated heterocycles. The summed E-state index contributed by atoms with van der Waals surface area (Å²) in [6.07, 6.45) is 0. The molecule has 24 heavy (non-hydrogen) atoms. The van der Waals surface area contributed by atoms with Crippen LogP contribution in [0.2, 0.25) is 0 Å². The highest BCUT2D eigenvalue weighted by atomic mass is 35.5. The fourth-order valence-electron chi connectivity index (χ4n) is 1.42. The van der Waals surface area contributed by atoms with Gasteiger partial charge in [-0.25, -0.2) is 0 Å². The van der Waals surface area contributed by atoms with Gasteiger partial charge in [0.1, 0.15) is 0 Å². The van der Waals surface area contributed by atoms with Crippen LogP contribution in [0.1, 0.15) is 24.8 Å². The first-order valence-corrected chi connectivity index (χ1v) is 8.70. The number of hydrogen-bond donors (Lipinski definition) is 1. The van der Waals surface area contributed by atoms with Gasteiger partial charge in [-0.15, -0.1) is 24.0 Å². The van der Waals surface area contributed by atoms with Crippen molar-refractivity contribution in [3.05, 3.63) is 23.8 Å². The predicted octanol–water partition coefficient (Wildman–Crippen LogP) is 2.09. The number of ether oxygens (including phenoxy) is 1. The Bertz CT molecular complexity index is 665. The maximum atomic E-state index is 11.9. The maximum Gasteiger partial charge on any atom is 0.384 e. The van der Waals surface area contributed by atoms with Crippen molar-refractivity contribution in [2.45, 2.75) is 19.2 Å². The summed E-state index contributed by atoms with van der Waals surface area (Å²) in [4.78, 5) is 11.8. The Morgan fingerprint density at radius 2 is 1.88 bits per heavy atom. The largest absolute Gasteiger partial charge is 0.422 e. The van der Waals surface area contributed by atoms with Gasteiger partial charge >= 0.3 is 16.3 Å². The van der Waals surface area contributed by atoms with E-state index in [4.69, 9.17) is 26.3 Å². The second-order valence-electron chi connectivity index (χ2n) is 5.31. The monoisotopic (exact) mass is 400 g/mol. The van der Waals surface area contributed by atoms with E-state index in [1.807, 2.05) is 0 Å². The Morgan fingerprint density at radius 1 is 1.29 bits per heavy atom. The van der Waals surface area contributed by atoms with E-state index in [1.165, 1.54) is 26.2 Å². The molecule has 10 heteroatoms. The van der Waals surface area contributed by atoms with Crippen molar-refractivity contribution in [1.29, 1.82) is 0 Å². The van der Waals surface area contributed by atoms with Gasteiger partial charge in [0.15, 0.2) is 11.5 Å². The molecule has 7 nitrogen and oxygen atoms in total. The average Bonchev–Trinajstić information content (AvgIpc) is 2.47. The van der Waals surface area contributed by atoms with Crippen molar-refractivity contribution in [1.82, 2.24) is 4.31 Å². The third-order valence-corrected chi connectivity index (χ3v) is 4.58. The van der Waals surface area contributed by atoms with Gasteiger partial charge in [0, 0.05) is 20.6 Å². The van der Waals surface area contributed by atoms with Gasteiger partial charge in [-0.3, -0.25) is 4.79 Å². The summed E-state index contributed by atoms with van der Waals surface area (Å²) in [5.74, 6) is -1.03. The molecule has 0 saturated carbocycles. The molecule has 0 amide bonds. The number of carbonyl (C=O) groups is 1. The number of nitrogens with two attached hydrogens (primary N) is 1. The van der Waals surface area contributed by atoms with E-state index in [0.717, 1.165) is 4.31 Å². The number of benzene rings is 1. The highest BCUT2D eigenvalue weighted by Gasteiger charge is 2.22. The quantitative estimate of drug-likeness (QED) is 0.427. The van der Waals surface area contributed by atoms with Crippen LogP contribution in [0.5, 0.6) is 11.5 Å². The lowest BCUT2D eigenvalue weighted by Crippen LogP contribution is -2.27. The number of halogens is 2. The molecular formula is C14H22Cl2N2O5S. The van der Waals surface area contributed by atoms with Crippen molar-refractivity contribution in [2.24, 2.45) is 11.7 Å². The minimum Gasteiger partial charge on any atom is -0.422 e. The molecule has 138 valence electrons. The zero-order chi connectivity index (χ0) is 17.8. The smallest absolute Gasteiger partial charge is 0.384 e. The highest BCUT2D eigenvalue weighted by Crippen LogP contribution is 2.33. The topological polar surface area (TPSA) is 98.9 Å². The summed E-state index contributed by atoms with van der Waals surface area (Å²) in [6, 6.07) is 4.40. The van der Waals surface area contributed by atoms with Gasteiger partial charge in [0.25, 0.3) is 0 Å². The molecule has 0 aliphatic rings. The lowest BCUT2D eigenvalue weighted by atomic mass is 10.1. The molecule has 0 aromatic heterocycles. The summed E-state index contributed by atoms with van der Waals surface area (Å²) < 4.78 is 34.8. The first-order chi connectivity index (χ1) is 10.6. The number of hydrogen-bond acceptors (Lipinski definition) is 6. The van der Waals surface area contributed by atoms with Crippen molar-refractivity contribution in [2.75, 3.05) is 20.6 Å². The number of rotatable bonds is 7. The van der Waals surface area contributed by atoms with Crippen LogP contribution in [0.15, 0.2) is 18.2 Å². The van der Waals surface area contributed by atoms with Gasteiger partial charge in [-0.2, -0.15) is 12.7 Å². The normalized spacial score (nSPS) is 12.7. The van der Waals surface area contributed by atoms with E-state index in [0.29, 0.717) is 5.56 Å². The average molecular weight is 401 g/mol. The Labute approximate surface area is 153 Å². The van der Waals surface area contributed by atoms with Crippen LogP contribution in [0.4, 0.5) is 0 Å². The van der Waals surface area contributed by atoms with Gasteiger partial charge < -0.3 is 14.7 Å². The van der Waals surface area contributed by atoms with Crippen LogP contribution in [0, 0.1) is 5.92 Å². The Kier molecular flexibility index (Phi) is 9.01. The van der Waals surface area contributed by atoms with E-state index in [9.17, 15) is 13.2 Å². The van der Waals surface area contributed by atoms with Crippen LogP contribution in [0.25, 0.3) is 0 Å². The molecule has 1 aromatic carbocycles. The van der Waals surface area contributed by atoms with Crippen LogP contribution in [0.3, 0.4) is 0 Å². The summed E-state index contributed by atoms with van der Waals surface area (Å²) in [5, 5.41) is -0.494. The van der Waals surface area contributed by atoms with Gasteiger partial charge in [-0.05, 0) is 17.7 Å². The third-order valence-electron chi connectivity index (χ3n) is 2.86. The van der Waals surface area contributed by atoms with Crippen LogP contribution < -0.4 is 14.7 Å². The first kappa shape index (κ1) is 22.9. The minimum absolute atomic E-state index is 0. The molecule has 0 fully saturated rings. The molecule has 0 aliphatic heterocycles. The van der Waals surface area contributed by atoms with E-state index in [2.05, 4.69) is 0 Å². The lowest BCUT2D eigenvalue weighted by molar-refractivity contribution is -0.137. The predicted molar refractivity (Wildman–Crippen MR) is 95.0 cm³/mol. The zero-order valence-corrected chi connectivity index (χ0v) is 16.2. The van der Waals surface area contributed by atoms with E-state index >= 15 is 0 Å². The standard InChI is InChI=1S/C14H21ClN2O5S.ClH/c1-9(2)14(18)21-13-7-10(11(15)8-16)5-6-12(13)22-23(19,20)17(3)4;/h5-7,9,11H,8,16H2,1-4H3;1H. The molecule has 1 aromatic rings. The molecule has 1 rings (SSSR count). The maximum absolute atomic E-state index is 11.9. The molecular weight excluding hydrogens is 379 g/mol. The lowest BCUT2D eigenvalue weighted by Gasteiger charge is -2.17. The van der Waals surface area contributed by atoms with E-state index in [1.54, 1.807) is 19.9 Å². The van der Waals surface area contributed by atoms with Gasteiger partial charge in [0.2, 0.25) is 0 Å². The van der Waals surface area contributed by atoms with Crippen LogP contribution >= 0.6 is 24.0 Å². The Hall–Kier alpha value is -1.06. The second kappa shape index (κ2) is 9.43. The van der Waals surface area contributed by atoms with Crippen LogP contribution in [-0.4, -0.2) is 39.3 Å². The fraction of sp³-hybridized carbons (Fsp3) is 0.500. The van der Waals surface area contributed by atoms with Crippen molar-refractivity contribution in [3.63, 3.8) is 0 Å². The molecule has 0 aliphatic carbocycles. The number of alkyl halides is 1. The number of esters is 1. The third kappa shape index (κ3) is 6.10. The fourth-order valence-corrected chi connectivity index (χ4v) is 2.07. The molecule has 1 unspecified atom stereocenters. The van der Waals surface area contributed by atoms with Gasteiger partial charge in [-0.1, -0.05) is 19.9 Å². The molecule has 0 spiro atoms. The van der Waals surface area contributed by atoms with Crippen LogP contribution in [-0.2, 0) is 15.1 Å². The summed E-state index contributed by atoms with van der Waals surface area (Å²) in [5.41, 5.74) is 6.10. The van der Waals surface area contributed by atoms with Crippen molar-refractivity contribution < 1.29 is 22.1 Å². The van der Waals surface area contributed by atoms with Crippen molar-refractivity contribution >= 4 is 40.3 Å². The molecule has 2 N–H and O–H groups in total. The SMILES string of the molecule is CC(C)C(=O)Oc1cc(C(Cl)CN)ccc1OS(=O)(=O)N(C)C.Cl. The summed E-state index contributed by atoms with van der Waals surface area (Å²) in [7, 11) is -1.33. The molecule has 0 radical (unpaired) electrons. The highest BCUT2D eigenvalue weighted by molar-refractivity contribution is 7.84. The summed E-state index contributed by atoms with van der Waals surface area (Å²) >= 11 is 6.06. The molecule has 0 bridgehead atoms. The molecule has 0 heterocycles. The number of carbonyl (C=O) groups excluding carboxylic acids is 1. The second-order valence-corrected chi connectivity index (χ2v) is 7.59. The Balaban J connectivity index is 0.00000529. The molecule has 1 atom stereocenters. The number of nitrogens with zero attached hydrogens (tertiary/aromatic N) is 1. The van der Waals surface area contributed by atoms with E-state index in [-0.39, 0.29) is 30.5 Å². The zero-order valence-electron chi connectivity index (χ0n) is 13.9.